The first-order valence-electron chi connectivity index (χ1n) is 4.87. The average molecular weight is 248 g/mol. The molecule has 0 radical (unpaired) electrons. The summed E-state index contributed by atoms with van der Waals surface area (Å²) in [6.07, 6.45) is 1.92. The maximum Gasteiger partial charge on any atom is 0.267 e. The van der Waals surface area contributed by atoms with E-state index in [0.717, 1.165) is 18.2 Å². The van der Waals surface area contributed by atoms with Gasteiger partial charge in [-0.1, -0.05) is 0 Å². The second-order valence-electron chi connectivity index (χ2n) is 3.65. The molecule has 18 heavy (non-hydrogen) atoms. The fraction of sp³-hybridized carbons (Fsp3) is 0. The molecule has 6 heteroatoms. The van der Waals surface area contributed by atoms with Crippen molar-refractivity contribution < 1.29 is 30.0 Å². The Morgan fingerprint density at radius 1 is 0.833 bits per heavy atom. The van der Waals surface area contributed by atoms with Crippen LogP contribution in [0.2, 0.25) is 0 Å². The molecule has 1 aromatic rings. The first-order valence-corrected chi connectivity index (χ1v) is 4.87. The van der Waals surface area contributed by atoms with Gasteiger partial charge in [0, 0.05) is 5.56 Å². The first-order chi connectivity index (χ1) is 8.41. The van der Waals surface area contributed by atoms with Gasteiger partial charge in [-0.15, -0.1) is 0 Å². The van der Waals surface area contributed by atoms with Crippen molar-refractivity contribution in [3.05, 3.63) is 35.6 Å². The number of hydrogen-bond donors (Lipinski definition) is 4. The molecule has 1 aliphatic rings. The van der Waals surface area contributed by atoms with E-state index in [2.05, 4.69) is 0 Å². The Bertz CT molecular complexity index is 624. The molecule has 1 aromatic carbocycles. The molecule has 92 valence electrons. The highest BCUT2D eigenvalue weighted by molar-refractivity contribution is 6.49. The van der Waals surface area contributed by atoms with Crippen molar-refractivity contribution in [3.63, 3.8) is 0 Å². The Morgan fingerprint density at radius 3 is 2.11 bits per heavy atom. The molecule has 0 heterocycles. The molecule has 4 N–H and O–H groups in total. The highest BCUT2D eigenvalue weighted by Gasteiger charge is 2.24. The number of rotatable bonds is 1. The van der Waals surface area contributed by atoms with Gasteiger partial charge in [0.05, 0.1) is 0 Å². The van der Waals surface area contributed by atoms with Gasteiger partial charge in [0.1, 0.15) is 0 Å². The Labute approximate surface area is 101 Å². The lowest BCUT2D eigenvalue weighted by molar-refractivity contribution is -0.133. The van der Waals surface area contributed by atoms with Crippen LogP contribution in [0.3, 0.4) is 0 Å². The summed E-state index contributed by atoms with van der Waals surface area (Å²) in [5.41, 5.74) is 0.0719. The third kappa shape index (κ3) is 1.69. The van der Waals surface area contributed by atoms with Gasteiger partial charge in [0.2, 0.25) is 11.5 Å². The van der Waals surface area contributed by atoms with E-state index in [0.29, 0.717) is 0 Å². The molecular formula is C12H8O6. The third-order valence-corrected chi connectivity index (χ3v) is 2.48. The maximum absolute atomic E-state index is 11.2. The predicted molar refractivity (Wildman–Crippen MR) is 60.1 cm³/mol. The molecule has 1 aliphatic carbocycles. The zero-order chi connectivity index (χ0) is 13.4. The Balaban J connectivity index is 2.58. The van der Waals surface area contributed by atoms with Crippen molar-refractivity contribution in [1.29, 1.82) is 0 Å². The van der Waals surface area contributed by atoms with Gasteiger partial charge in [-0.05, 0) is 29.9 Å². The molecular weight excluding hydrogens is 240 g/mol. The Kier molecular flexibility index (Phi) is 2.55. The molecule has 0 spiro atoms. The molecule has 0 atom stereocenters. The lowest BCUT2D eigenvalue weighted by Gasteiger charge is -2.11. The number of aliphatic hydroxyl groups excluding tert-OH is 1. The lowest BCUT2D eigenvalue weighted by atomic mass is 9.96. The van der Waals surface area contributed by atoms with E-state index in [9.17, 15) is 24.9 Å². The quantitative estimate of drug-likeness (QED) is 0.331. The zero-order valence-corrected chi connectivity index (χ0v) is 8.91. The van der Waals surface area contributed by atoms with Gasteiger partial charge in [-0.25, -0.2) is 0 Å². The lowest BCUT2D eigenvalue weighted by Crippen LogP contribution is -2.17. The summed E-state index contributed by atoms with van der Waals surface area (Å²) in [5, 5.41) is 37.4. The van der Waals surface area contributed by atoms with Gasteiger partial charge in [0.25, 0.3) is 5.78 Å². The van der Waals surface area contributed by atoms with Crippen molar-refractivity contribution in [1.82, 2.24) is 0 Å². The standard InChI is InChI=1S/C12H8O6/c13-7-2-1-6(10(16)12(7)18)5-3-8(14)11(17)9(15)4-5/h1-4,13-14,16,18H. The number of Topliss-reactive ketones (excluding diaryl/α,β-unsaturated/α-hetero) is 1. The molecule has 0 saturated carbocycles. The highest BCUT2D eigenvalue weighted by atomic mass is 16.3. The van der Waals surface area contributed by atoms with Crippen molar-refractivity contribution in [3.8, 4) is 17.2 Å². The smallest absolute Gasteiger partial charge is 0.267 e. The van der Waals surface area contributed by atoms with Crippen molar-refractivity contribution >= 4 is 17.1 Å². The summed E-state index contributed by atoms with van der Waals surface area (Å²) >= 11 is 0. The molecule has 0 aliphatic heterocycles. The molecule has 0 saturated heterocycles. The molecule has 0 fully saturated rings. The Morgan fingerprint density at radius 2 is 1.50 bits per heavy atom. The number of hydrogen-bond acceptors (Lipinski definition) is 6. The van der Waals surface area contributed by atoms with E-state index in [1.165, 1.54) is 6.07 Å². The van der Waals surface area contributed by atoms with E-state index in [1.807, 2.05) is 0 Å². The fourth-order valence-corrected chi connectivity index (χ4v) is 1.54. The van der Waals surface area contributed by atoms with Crippen LogP contribution in [0.25, 0.3) is 5.57 Å². The van der Waals surface area contributed by atoms with Crippen LogP contribution in [0.4, 0.5) is 0 Å². The molecule has 0 bridgehead atoms. The predicted octanol–water partition coefficient (Wildman–Crippen LogP) is 0.780. The minimum atomic E-state index is -1.04. The van der Waals surface area contributed by atoms with Crippen molar-refractivity contribution in [2.45, 2.75) is 0 Å². The monoisotopic (exact) mass is 248 g/mol. The minimum Gasteiger partial charge on any atom is -0.504 e. The van der Waals surface area contributed by atoms with Crippen molar-refractivity contribution in [2.75, 3.05) is 0 Å². The number of carbonyl (C=O) groups is 2. The minimum absolute atomic E-state index is 0.0118. The Hall–Kier alpha value is -2.76. The summed E-state index contributed by atoms with van der Waals surface area (Å²) in [4.78, 5) is 22.3. The summed E-state index contributed by atoms with van der Waals surface area (Å²) in [6.45, 7) is 0. The van der Waals surface area contributed by atoms with Gasteiger partial charge in [-0.3, -0.25) is 9.59 Å². The van der Waals surface area contributed by atoms with Crippen molar-refractivity contribution in [2.24, 2.45) is 0 Å². The van der Waals surface area contributed by atoms with Crippen LogP contribution in [-0.4, -0.2) is 32.0 Å². The number of phenols is 3. The number of carbonyl (C=O) groups excluding carboxylic acids is 2. The maximum atomic E-state index is 11.2. The summed E-state index contributed by atoms with van der Waals surface area (Å²) in [5.74, 6) is -4.64. The topological polar surface area (TPSA) is 115 Å². The van der Waals surface area contributed by atoms with Gasteiger partial charge >= 0.3 is 0 Å². The number of aromatic hydroxyl groups is 3. The summed E-state index contributed by atoms with van der Waals surface area (Å²) in [6, 6.07) is 2.35. The SMILES string of the molecule is O=C1C=C(c2ccc(O)c(O)c2O)C=C(O)C1=O. The van der Waals surface area contributed by atoms with E-state index in [4.69, 9.17) is 5.11 Å². The number of phenolic OH excluding ortho intramolecular Hbond substituents is 3. The molecule has 0 unspecified atom stereocenters. The van der Waals surface area contributed by atoms with Crippen LogP contribution >= 0.6 is 0 Å². The van der Waals surface area contributed by atoms with E-state index >= 15 is 0 Å². The first kappa shape index (κ1) is 11.7. The van der Waals surface area contributed by atoms with Crippen LogP contribution in [0.5, 0.6) is 17.2 Å². The van der Waals surface area contributed by atoms with Gasteiger partial charge in [-0.2, -0.15) is 0 Å². The number of ketones is 2. The zero-order valence-electron chi connectivity index (χ0n) is 8.91. The normalized spacial score (nSPS) is 15.3. The largest absolute Gasteiger partial charge is 0.504 e. The molecule has 2 rings (SSSR count). The number of aliphatic hydroxyl groups is 1. The summed E-state index contributed by atoms with van der Waals surface area (Å²) in [7, 11) is 0. The summed E-state index contributed by atoms with van der Waals surface area (Å²) < 4.78 is 0. The molecule has 6 nitrogen and oxygen atoms in total. The number of benzene rings is 1. The van der Waals surface area contributed by atoms with Crippen LogP contribution < -0.4 is 0 Å². The van der Waals surface area contributed by atoms with Crippen LogP contribution in [-0.2, 0) is 9.59 Å². The van der Waals surface area contributed by atoms with Crippen LogP contribution in [0, 0.1) is 0 Å². The fourth-order valence-electron chi connectivity index (χ4n) is 1.54. The van der Waals surface area contributed by atoms with Gasteiger partial charge < -0.3 is 20.4 Å². The second kappa shape index (κ2) is 3.92. The highest BCUT2D eigenvalue weighted by Crippen LogP contribution is 2.40. The molecule has 0 amide bonds. The second-order valence-corrected chi connectivity index (χ2v) is 3.65. The van der Waals surface area contributed by atoms with Gasteiger partial charge in [0.15, 0.2) is 17.3 Å². The van der Waals surface area contributed by atoms with E-state index in [-0.39, 0.29) is 11.1 Å². The average Bonchev–Trinajstić information content (AvgIpc) is 2.33. The number of allylic oxidation sites excluding steroid dienone is 4. The van der Waals surface area contributed by atoms with E-state index in [1.54, 1.807) is 0 Å². The van der Waals surface area contributed by atoms with Crippen LogP contribution in [0.1, 0.15) is 5.56 Å². The molecule has 0 aromatic heterocycles. The van der Waals surface area contributed by atoms with E-state index < -0.39 is 34.6 Å². The third-order valence-electron chi connectivity index (χ3n) is 2.48. The van der Waals surface area contributed by atoms with Crippen LogP contribution in [0.15, 0.2) is 30.0 Å².